The molecule has 19 nitrogen and oxygen atoms in total. The van der Waals surface area contributed by atoms with E-state index in [1.54, 1.807) is 6.20 Å². The van der Waals surface area contributed by atoms with Gasteiger partial charge in [-0.05, 0) is 129 Å². The Bertz CT molecular complexity index is 2150. The van der Waals surface area contributed by atoms with E-state index in [1.807, 2.05) is 0 Å². The molecule has 12 N–H and O–H groups in total. The summed E-state index contributed by atoms with van der Waals surface area (Å²) in [6.45, 7) is 16.7. The van der Waals surface area contributed by atoms with Crippen LogP contribution in [0.25, 0.3) is 0 Å². The van der Waals surface area contributed by atoms with Crippen molar-refractivity contribution in [1.82, 2.24) is 25.6 Å². The van der Waals surface area contributed by atoms with Crippen molar-refractivity contribution in [2.45, 2.75) is 170 Å². The minimum absolute atomic E-state index is 0.0243. The Labute approximate surface area is 400 Å². The highest BCUT2D eigenvalue weighted by Gasteiger charge is 2.69. The van der Waals surface area contributed by atoms with Crippen LogP contribution in [0, 0.1) is 56.7 Å². The Hall–Kier alpha value is -5.23. The summed E-state index contributed by atoms with van der Waals surface area (Å²) in [6.07, 6.45) is 13.1. The van der Waals surface area contributed by atoms with Crippen molar-refractivity contribution in [2.75, 3.05) is 13.1 Å². The lowest BCUT2D eigenvalue weighted by molar-refractivity contribution is -0.214. The zero-order valence-electron chi connectivity index (χ0n) is 41.4. The van der Waals surface area contributed by atoms with E-state index in [0.717, 1.165) is 57.8 Å². The number of allylic oxidation sites excluding steroid dienone is 2. The molecule has 6 rings (SSSR count). The number of carboxylic acid groups (broad SMARTS) is 2. The topological polar surface area (TPSA) is 319 Å². The molecule has 5 aliphatic carbocycles. The monoisotopic (exact) mass is 950 g/mol. The van der Waals surface area contributed by atoms with Crippen molar-refractivity contribution in [3.05, 3.63) is 23.5 Å². The Kier molecular flexibility index (Phi) is 15.6. The molecule has 19 heteroatoms. The van der Waals surface area contributed by atoms with E-state index in [9.17, 15) is 34.2 Å². The molecule has 378 valence electrons. The second-order valence-corrected chi connectivity index (χ2v) is 22.3. The third-order valence-electron chi connectivity index (χ3n) is 18.3. The second-order valence-electron chi connectivity index (χ2n) is 22.3. The molecule has 4 fully saturated rings. The first kappa shape index (κ1) is 52.1. The molecule has 12 atom stereocenters. The van der Waals surface area contributed by atoms with Gasteiger partial charge in [0.05, 0.1) is 17.5 Å². The molecule has 1 aromatic heterocycles. The van der Waals surface area contributed by atoms with Gasteiger partial charge in [0, 0.05) is 31.1 Å². The van der Waals surface area contributed by atoms with Gasteiger partial charge < -0.3 is 48.5 Å². The molecule has 0 radical (unpaired) electrons. The molecule has 2 amide bonds. The summed E-state index contributed by atoms with van der Waals surface area (Å²) in [4.78, 5) is 72.9. The molecule has 0 saturated heterocycles. The number of carbonyl (C=O) groups is 5. The number of carbonyl (C=O) groups excluding carboxylic acids is 3. The Morgan fingerprint density at radius 2 is 1.51 bits per heavy atom. The highest BCUT2D eigenvalue weighted by Crippen LogP contribution is 2.76. The number of hydrogen-bond donors (Lipinski definition) is 8. The summed E-state index contributed by atoms with van der Waals surface area (Å²) >= 11 is 0. The quantitative estimate of drug-likeness (QED) is 0.0319. The Balaban J connectivity index is 1.04. The van der Waals surface area contributed by atoms with E-state index in [-0.39, 0.29) is 96.9 Å². The van der Waals surface area contributed by atoms with E-state index in [4.69, 9.17) is 27.7 Å². The number of ether oxygens (including phenoxy) is 1. The van der Waals surface area contributed by atoms with Gasteiger partial charge in [-0.3, -0.25) is 29.2 Å². The maximum absolute atomic E-state index is 13.6. The van der Waals surface area contributed by atoms with Gasteiger partial charge in [0.2, 0.25) is 11.8 Å². The number of hydrogen-bond acceptors (Lipinski definition) is 10. The van der Waals surface area contributed by atoms with Crippen molar-refractivity contribution in [3.8, 4) is 0 Å². The van der Waals surface area contributed by atoms with Gasteiger partial charge in [0.15, 0.2) is 11.9 Å². The molecular weight excluding hydrogens is 871 g/mol. The highest BCUT2D eigenvalue weighted by atomic mass is 16.5. The first-order valence-corrected chi connectivity index (χ1v) is 24.9. The van der Waals surface area contributed by atoms with Crippen LogP contribution < -0.4 is 33.6 Å². The average Bonchev–Trinajstić information content (AvgIpc) is 3.71. The summed E-state index contributed by atoms with van der Waals surface area (Å²) in [5.41, 5.74) is 22.5. The third-order valence-corrected chi connectivity index (χ3v) is 18.3. The fraction of sp³-hybridized carbons (Fsp3) is 0.776. The standard InChI is InChI=1S/C49H79N11O8/c1-28-16-21-49(42(66)67)23-22-47(6)31(39(49)29(28)2)13-14-35-46(5)19-18-36(45(3,4)34(46)17-20-48(35,47)7)68-38(62)15-12-30-26-60(59-58-30)27-37(61)56-32(10-8-24-54-43(50)51)40(63)57-33(41(64)65)11-9-25-55-44(52)53/h13,26,28-29,32-36,39H,8-12,14-25,27H2,1-7H3,(H,56,61)(H,57,63)(H,64,65)(H,66,67)(H4,50,51,54)(H4,52,53,55)/t28-,29+,32+,33+,34+,35-,36+,39+,46+,47-,48-,49+/m1/s1. The number of nitrogens with two attached hydrogens (primary N) is 4. The third kappa shape index (κ3) is 10.2. The molecule has 0 unspecified atom stereocenters. The van der Waals surface area contributed by atoms with E-state index in [1.165, 1.54) is 10.3 Å². The predicted octanol–water partition coefficient (Wildman–Crippen LogP) is 4.03. The number of fused-ring (bicyclic) bond motifs is 7. The number of aliphatic carboxylic acids is 2. The fourth-order valence-corrected chi connectivity index (χ4v) is 14.2. The van der Waals surface area contributed by atoms with Gasteiger partial charge in [0.25, 0.3) is 0 Å². The zero-order chi connectivity index (χ0) is 50.0. The summed E-state index contributed by atoms with van der Waals surface area (Å²) < 4.78 is 7.65. The van der Waals surface area contributed by atoms with Crippen molar-refractivity contribution < 1.29 is 38.9 Å². The molecule has 4 saturated carbocycles. The minimum Gasteiger partial charge on any atom is -0.481 e. The van der Waals surface area contributed by atoms with Crippen LogP contribution in [0.5, 0.6) is 0 Å². The maximum atomic E-state index is 13.6. The summed E-state index contributed by atoms with van der Waals surface area (Å²) in [5.74, 6) is -2.03. The number of esters is 1. The molecule has 1 heterocycles. The number of nitrogens with one attached hydrogen (secondary N) is 2. The molecule has 1 aromatic rings. The van der Waals surface area contributed by atoms with Crippen LogP contribution in [0.3, 0.4) is 0 Å². The minimum atomic E-state index is -1.25. The largest absolute Gasteiger partial charge is 0.481 e. The van der Waals surface area contributed by atoms with Crippen molar-refractivity contribution in [2.24, 2.45) is 89.6 Å². The summed E-state index contributed by atoms with van der Waals surface area (Å²) in [7, 11) is 0. The highest BCUT2D eigenvalue weighted by molar-refractivity contribution is 5.90. The average molecular weight is 950 g/mol. The van der Waals surface area contributed by atoms with Crippen LogP contribution in [0.15, 0.2) is 27.8 Å². The molecule has 0 aliphatic heterocycles. The van der Waals surface area contributed by atoms with Crippen LogP contribution in [-0.4, -0.2) is 98.1 Å². The summed E-state index contributed by atoms with van der Waals surface area (Å²) in [5, 5.41) is 33.9. The van der Waals surface area contributed by atoms with Crippen LogP contribution >= 0.6 is 0 Å². The van der Waals surface area contributed by atoms with Gasteiger partial charge in [-0.25, -0.2) is 9.48 Å². The molecule has 68 heavy (non-hydrogen) atoms. The molecular formula is C49H79N11O8. The number of amides is 2. The number of carboxylic acids is 2. The first-order valence-electron chi connectivity index (χ1n) is 24.9. The van der Waals surface area contributed by atoms with Crippen molar-refractivity contribution in [3.63, 3.8) is 0 Å². The number of aliphatic imine (C=N–C) groups is 2. The number of aromatic nitrogens is 3. The summed E-state index contributed by atoms with van der Waals surface area (Å²) in [6, 6.07) is -2.35. The zero-order valence-corrected chi connectivity index (χ0v) is 41.4. The maximum Gasteiger partial charge on any atom is 0.326 e. The lowest BCUT2D eigenvalue weighted by atomic mass is 9.33. The predicted molar refractivity (Wildman–Crippen MR) is 256 cm³/mol. The van der Waals surface area contributed by atoms with E-state index in [2.05, 4.69) is 85.5 Å². The van der Waals surface area contributed by atoms with Crippen LogP contribution in [0.2, 0.25) is 0 Å². The van der Waals surface area contributed by atoms with E-state index < -0.39 is 41.3 Å². The van der Waals surface area contributed by atoms with E-state index >= 15 is 0 Å². The number of guanidine groups is 2. The van der Waals surface area contributed by atoms with Gasteiger partial charge in [-0.1, -0.05) is 65.3 Å². The number of rotatable bonds is 19. The first-order chi connectivity index (χ1) is 31.9. The van der Waals surface area contributed by atoms with Crippen LogP contribution in [0.4, 0.5) is 0 Å². The van der Waals surface area contributed by atoms with Crippen LogP contribution in [-0.2, 0) is 41.7 Å². The fourth-order valence-electron chi connectivity index (χ4n) is 14.2. The SMILES string of the molecule is C[C@H]1[C@H](C)CC[C@]2(C(=O)O)CC[C@]3(C)C(=CC[C@@H]4[C@@]5(C)CC[C@H](OC(=O)CCc6cn(CC(=O)N[C@@H](CCCN=C(N)N)C(=O)N[C@@H](CCCN=C(N)N)C(=O)O)nn6)C(C)(C)[C@@H]5CC[C@]43C)[C@H]12. The lowest BCUT2D eigenvalue weighted by Gasteiger charge is -2.71. The smallest absolute Gasteiger partial charge is 0.326 e. The van der Waals surface area contributed by atoms with Gasteiger partial charge >= 0.3 is 17.9 Å². The molecule has 0 bridgehead atoms. The number of nitrogens with zero attached hydrogens (tertiary/aromatic N) is 5. The normalized spacial score (nSPS) is 33.3. The number of aryl methyl sites for hydroxylation is 1. The Morgan fingerprint density at radius 1 is 0.853 bits per heavy atom. The van der Waals surface area contributed by atoms with Gasteiger partial charge in [-0.2, -0.15) is 0 Å². The Morgan fingerprint density at radius 3 is 2.15 bits per heavy atom. The molecule has 5 aliphatic rings. The van der Waals surface area contributed by atoms with E-state index in [0.29, 0.717) is 42.2 Å². The van der Waals surface area contributed by atoms with Crippen LogP contribution in [0.1, 0.15) is 144 Å². The lowest BCUT2D eigenvalue weighted by Crippen LogP contribution is -2.65. The van der Waals surface area contributed by atoms with Crippen molar-refractivity contribution in [1.29, 1.82) is 0 Å². The van der Waals surface area contributed by atoms with Crippen molar-refractivity contribution >= 4 is 41.6 Å². The van der Waals surface area contributed by atoms with Gasteiger partial charge in [-0.15, -0.1) is 5.10 Å². The van der Waals surface area contributed by atoms with Gasteiger partial charge in [0.1, 0.15) is 24.7 Å². The molecule has 0 aromatic carbocycles. The molecule has 0 spiro atoms. The second kappa shape index (κ2) is 20.4.